The smallest absolute Gasteiger partial charge is 0.238 e. The lowest BCUT2D eigenvalue weighted by atomic mass is 10.1. The van der Waals surface area contributed by atoms with Crippen molar-refractivity contribution in [1.29, 1.82) is 0 Å². The first-order chi connectivity index (χ1) is 14.3. The Labute approximate surface area is 202 Å². The molecule has 31 heavy (non-hydrogen) atoms. The highest BCUT2D eigenvalue weighted by Crippen LogP contribution is 2.21. The van der Waals surface area contributed by atoms with Crippen molar-refractivity contribution in [2.45, 2.75) is 51.1 Å². The fraction of sp³-hybridized carbons (Fsp3) is 0.409. The number of aliphatic imine (C=N–C) groups is 1. The van der Waals surface area contributed by atoms with Crippen LogP contribution in [0.15, 0.2) is 52.4 Å². The molecule has 2 aromatic rings. The van der Waals surface area contributed by atoms with Crippen molar-refractivity contribution >= 4 is 40.0 Å². The Morgan fingerprint density at radius 2 is 1.74 bits per heavy atom. The molecule has 0 radical (unpaired) electrons. The molecule has 0 saturated heterocycles. The van der Waals surface area contributed by atoms with Crippen molar-refractivity contribution in [3.05, 3.63) is 59.2 Å². The molecule has 172 valence electrons. The summed E-state index contributed by atoms with van der Waals surface area (Å²) in [4.78, 5) is 4.34. The molecular weight excluding hydrogens is 527 g/mol. The molecular formula is C22H33IN4O3S. The van der Waals surface area contributed by atoms with E-state index in [1.165, 1.54) is 18.6 Å². The molecule has 9 heteroatoms. The van der Waals surface area contributed by atoms with Gasteiger partial charge in [0.05, 0.1) is 11.5 Å². The summed E-state index contributed by atoms with van der Waals surface area (Å²) in [5, 5.41) is 11.6. The lowest BCUT2D eigenvalue weighted by Crippen LogP contribution is -2.36. The summed E-state index contributed by atoms with van der Waals surface area (Å²) in [5.41, 5.74) is 3.15. The number of guanidine groups is 1. The van der Waals surface area contributed by atoms with Crippen LogP contribution >= 0.6 is 24.0 Å². The Balaban J connectivity index is 0.00000480. The molecule has 0 saturated carbocycles. The van der Waals surface area contributed by atoms with E-state index in [2.05, 4.69) is 47.7 Å². The molecule has 7 nitrogen and oxygen atoms in total. The van der Waals surface area contributed by atoms with Crippen LogP contribution in [0.3, 0.4) is 0 Å². The Kier molecular flexibility index (Phi) is 11.9. The number of hydrogen-bond acceptors (Lipinski definition) is 4. The van der Waals surface area contributed by atoms with Crippen LogP contribution in [-0.4, -0.2) is 28.0 Å². The van der Waals surface area contributed by atoms with Gasteiger partial charge in [-0.25, -0.2) is 13.6 Å². The molecule has 0 amide bonds. The summed E-state index contributed by atoms with van der Waals surface area (Å²) in [5.74, 6) is 1.54. The van der Waals surface area contributed by atoms with Gasteiger partial charge in [0.1, 0.15) is 5.75 Å². The number of nitrogens with two attached hydrogens (primary N) is 1. The number of benzene rings is 2. The SMILES string of the molecule is CCCCCOc1cc(C)ccc1CNC(=NC)NCc1ccc(S(N)(=O)=O)cc1.I. The van der Waals surface area contributed by atoms with Gasteiger partial charge in [-0.2, -0.15) is 0 Å². The van der Waals surface area contributed by atoms with Crippen LogP contribution in [0.2, 0.25) is 0 Å². The van der Waals surface area contributed by atoms with E-state index in [-0.39, 0.29) is 28.9 Å². The van der Waals surface area contributed by atoms with Gasteiger partial charge in [0, 0.05) is 25.7 Å². The molecule has 0 aliphatic carbocycles. The highest BCUT2D eigenvalue weighted by Gasteiger charge is 2.08. The van der Waals surface area contributed by atoms with E-state index in [1.54, 1.807) is 19.2 Å². The van der Waals surface area contributed by atoms with Gasteiger partial charge >= 0.3 is 0 Å². The van der Waals surface area contributed by atoms with Crippen LogP contribution < -0.4 is 20.5 Å². The first kappa shape index (κ1) is 27.2. The summed E-state index contributed by atoms with van der Waals surface area (Å²) >= 11 is 0. The molecule has 0 heterocycles. The average Bonchev–Trinajstić information content (AvgIpc) is 2.72. The normalized spacial score (nSPS) is 11.5. The summed E-state index contributed by atoms with van der Waals surface area (Å²) in [7, 11) is -1.98. The third kappa shape index (κ3) is 9.44. The molecule has 0 aliphatic heterocycles. The number of sulfonamides is 1. The van der Waals surface area contributed by atoms with E-state index in [0.717, 1.165) is 35.3 Å². The number of ether oxygens (including phenoxy) is 1. The predicted octanol–water partition coefficient (Wildman–Crippen LogP) is 3.69. The number of aryl methyl sites for hydroxylation is 1. The minimum atomic E-state index is -3.68. The molecule has 0 atom stereocenters. The quantitative estimate of drug-likeness (QED) is 0.178. The summed E-state index contributed by atoms with van der Waals surface area (Å²) in [6.45, 7) is 6.02. The predicted molar refractivity (Wildman–Crippen MR) is 136 cm³/mol. The van der Waals surface area contributed by atoms with Crippen molar-refractivity contribution in [1.82, 2.24) is 10.6 Å². The standard InChI is InChI=1S/C22H32N4O3S.HI/c1-4-5-6-13-29-21-14-17(2)7-10-19(21)16-26-22(24-3)25-15-18-8-11-20(12-9-18)30(23,27)28;/h7-12,14H,4-6,13,15-16H2,1-3H3,(H2,23,27,28)(H2,24,25,26);1H. The largest absolute Gasteiger partial charge is 0.493 e. The minimum Gasteiger partial charge on any atom is -0.493 e. The Hall–Kier alpha value is -1.85. The van der Waals surface area contributed by atoms with E-state index >= 15 is 0 Å². The van der Waals surface area contributed by atoms with Gasteiger partial charge in [-0.1, -0.05) is 44.0 Å². The van der Waals surface area contributed by atoms with E-state index in [9.17, 15) is 8.42 Å². The molecule has 4 N–H and O–H groups in total. The number of hydrogen-bond donors (Lipinski definition) is 3. The lowest BCUT2D eigenvalue weighted by Gasteiger charge is -2.15. The van der Waals surface area contributed by atoms with Gasteiger partial charge < -0.3 is 15.4 Å². The first-order valence-electron chi connectivity index (χ1n) is 10.1. The van der Waals surface area contributed by atoms with Gasteiger partial charge in [0.2, 0.25) is 10.0 Å². The summed E-state index contributed by atoms with van der Waals surface area (Å²) in [6, 6.07) is 12.6. The third-order valence-corrected chi connectivity index (χ3v) is 5.54. The highest BCUT2D eigenvalue weighted by molar-refractivity contribution is 14.0. The Morgan fingerprint density at radius 1 is 1.06 bits per heavy atom. The van der Waals surface area contributed by atoms with Gasteiger partial charge in [-0.15, -0.1) is 24.0 Å². The van der Waals surface area contributed by atoms with Crippen molar-refractivity contribution in [2.75, 3.05) is 13.7 Å². The van der Waals surface area contributed by atoms with Crippen LogP contribution in [0.5, 0.6) is 5.75 Å². The van der Waals surface area contributed by atoms with Gasteiger partial charge in [0.25, 0.3) is 0 Å². The second kappa shape index (κ2) is 13.5. The molecule has 0 unspecified atom stereocenters. The second-order valence-corrected chi connectivity index (χ2v) is 8.70. The maximum absolute atomic E-state index is 11.3. The van der Waals surface area contributed by atoms with Crippen LogP contribution in [0, 0.1) is 6.92 Å². The van der Waals surface area contributed by atoms with Gasteiger partial charge in [0.15, 0.2) is 5.96 Å². The average molecular weight is 561 g/mol. The van der Waals surface area contributed by atoms with Crippen molar-refractivity contribution in [3.63, 3.8) is 0 Å². The maximum Gasteiger partial charge on any atom is 0.238 e. The monoisotopic (exact) mass is 560 g/mol. The topological polar surface area (TPSA) is 106 Å². The van der Waals surface area contributed by atoms with Crippen LogP contribution in [0.25, 0.3) is 0 Å². The minimum absolute atomic E-state index is 0. The number of primary sulfonamides is 1. The zero-order valence-corrected chi connectivity index (χ0v) is 21.5. The first-order valence-corrected chi connectivity index (χ1v) is 11.7. The highest BCUT2D eigenvalue weighted by atomic mass is 127. The van der Waals surface area contributed by atoms with Gasteiger partial charge in [-0.3, -0.25) is 4.99 Å². The van der Waals surface area contributed by atoms with E-state index in [1.807, 2.05) is 0 Å². The number of halogens is 1. The number of nitrogens with zero attached hydrogens (tertiary/aromatic N) is 1. The molecule has 2 aromatic carbocycles. The zero-order chi connectivity index (χ0) is 22.0. The molecule has 0 fully saturated rings. The molecule has 0 bridgehead atoms. The fourth-order valence-electron chi connectivity index (χ4n) is 2.86. The molecule has 0 aliphatic rings. The Morgan fingerprint density at radius 3 is 2.35 bits per heavy atom. The van der Waals surface area contributed by atoms with Crippen molar-refractivity contribution in [2.24, 2.45) is 10.1 Å². The van der Waals surface area contributed by atoms with Gasteiger partial charge in [-0.05, 0) is 42.7 Å². The van der Waals surface area contributed by atoms with E-state index < -0.39 is 10.0 Å². The van der Waals surface area contributed by atoms with Crippen LogP contribution in [0.4, 0.5) is 0 Å². The van der Waals surface area contributed by atoms with E-state index in [4.69, 9.17) is 9.88 Å². The number of rotatable bonds is 10. The Bertz CT molecular complexity index is 948. The zero-order valence-electron chi connectivity index (χ0n) is 18.3. The number of nitrogens with one attached hydrogen (secondary N) is 2. The van der Waals surface area contributed by atoms with Crippen molar-refractivity contribution in [3.8, 4) is 5.75 Å². The second-order valence-electron chi connectivity index (χ2n) is 7.14. The summed E-state index contributed by atoms with van der Waals surface area (Å²) in [6.07, 6.45) is 3.37. The van der Waals surface area contributed by atoms with E-state index in [0.29, 0.717) is 25.7 Å². The van der Waals surface area contributed by atoms with Crippen LogP contribution in [-0.2, 0) is 23.1 Å². The fourth-order valence-corrected chi connectivity index (χ4v) is 3.37. The lowest BCUT2D eigenvalue weighted by molar-refractivity contribution is 0.303. The molecule has 2 rings (SSSR count). The summed E-state index contributed by atoms with van der Waals surface area (Å²) < 4.78 is 28.7. The van der Waals surface area contributed by atoms with Crippen LogP contribution in [0.1, 0.15) is 42.9 Å². The molecule has 0 aromatic heterocycles. The maximum atomic E-state index is 11.3. The molecule has 0 spiro atoms. The number of unbranched alkanes of at least 4 members (excludes halogenated alkanes) is 2. The van der Waals surface area contributed by atoms with Crippen molar-refractivity contribution < 1.29 is 13.2 Å². The third-order valence-electron chi connectivity index (χ3n) is 4.61.